The number of ether oxygens (including phenoxy) is 2. The van der Waals surface area contributed by atoms with E-state index in [1.165, 1.54) is 0 Å². The van der Waals surface area contributed by atoms with Gasteiger partial charge in [-0.25, -0.2) is 0 Å². The Hall–Kier alpha value is -2.46. The fraction of sp³-hybridized carbons (Fsp3) is 0.263. The van der Waals surface area contributed by atoms with Gasteiger partial charge in [0.1, 0.15) is 24.2 Å². The normalized spacial score (nSPS) is 11.6. The maximum atomic E-state index is 10.1. The van der Waals surface area contributed by atoms with E-state index in [0.29, 0.717) is 6.54 Å². The lowest BCUT2D eigenvalue weighted by atomic mass is 10.1. The number of allylic oxidation sites excluding steroid dienone is 1. The van der Waals surface area contributed by atoms with E-state index < -0.39 is 6.10 Å². The first-order valence-corrected chi connectivity index (χ1v) is 7.60. The molecule has 0 radical (unpaired) electrons. The number of hydrogen-bond donors (Lipinski definition) is 2. The van der Waals surface area contributed by atoms with Crippen LogP contribution < -0.4 is 14.8 Å². The third kappa shape index (κ3) is 5.34. The van der Waals surface area contributed by atoms with Gasteiger partial charge in [0.25, 0.3) is 0 Å². The highest BCUT2D eigenvalue weighted by Crippen LogP contribution is 2.19. The summed E-state index contributed by atoms with van der Waals surface area (Å²) in [6, 6.07) is 15.4. The van der Waals surface area contributed by atoms with Gasteiger partial charge in [-0.3, -0.25) is 0 Å². The summed E-state index contributed by atoms with van der Waals surface area (Å²) in [7, 11) is 1.63. The summed E-state index contributed by atoms with van der Waals surface area (Å²) < 4.78 is 10.8. The zero-order valence-corrected chi connectivity index (χ0v) is 13.4. The maximum absolute atomic E-state index is 10.1. The van der Waals surface area contributed by atoms with Crippen LogP contribution >= 0.6 is 0 Å². The van der Waals surface area contributed by atoms with Crippen LogP contribution in [0, 0.1) is 0 Å². The third-order valence-corrected chi connectivity index (χ3v) is 3.40. The summed E-state index contributed by atoms with van der Waals surface area (Å²) in [5.41, 5.74) is 2.00. The Morgan fingerprint density at radius 1 is 1.17 bits per heavy atom. The molecule has 0 heterocycles. The molecule has 0 amide bonds. The number of anilines is 1. The molecule has 2 rings (SSSR count). The molecule has 2 N–H and O–H groups in total. The number of benzene rings is 2. The van der Waals surface area contributed by atoms with Crippen LogP contribution in [-0.4, -0.2) is 31.5 Å². The average Bonchev–Trinajstić information content (AvgIpc) is 2.60. The first-order chi connectivity index (χ1) is 11.2. The SMILES string of the molecule is C=CCc1ccccc1OCC(O)CNc1ccc(OC)cc1. The Morgan fingerprint density at radius 2 is 1.91 bits per heavy atom. The Labute approximate surface area is 137 Å². The topological polar surface area (TPSA) is 50.7 Å². The van der Waals surface area contributed by atoms with Crippen molar-refractivity contribution in [3.8, 4) is 11.5 Å². The van der Waals surface area contributed by atoms with Crippen LogP contribution in [0.2, 0.25) is 0 Å². The van der Waals surface area contributed by atoms with Crippen LogP contribution in [0.15, 0.2) is 61.2 Å². The van der Waals surface area contributed by atoms with Gasteiger partial charge in [-0.1, -0.05) is 24.3 Å². The van der Waals surface area contributed by atoms with Gasteiger partial charge >= 0.3 is 0 Å². The molecule has 0 aliphatic rings. The largest absolute Gasteiger partial charge is 0.497 e. The van der Waals surface area contributed by atoms with Gasteiger partial charge in [0.2, 0.25) is 0 Å². The second kappa shape index (κ2) is 8.86. The quantitative estimate of drug-likeness (QED) is 0.698. The van der Waals surface area contributed by atoms with Crippen LogP contribution in [0.5, 0.6) is 11.5 Å². The third-order valence-electron chi connectivity index (χ3n) is 3.40. The van der Waals surface area contributed by atoms with E-state index in [9.17, 15) is 5.11 Å². The minimum Gasteiger partial charge on any atom is -0.497 e. The van der Waals surface area contributed by atoms with Crippen molar-refractivity contribution in [3.05, 3.63) is 66.7 Å². The van der Waals surface area contributed by atoms with Crippen molar-refractivity contribution >= 4 is 5.69 Å². The molecule has 0 saturated carbocycles. The second-order valence-electron chi connectivity index (χ2n) is 5.17. The lowest BCUT2D eigenvalue weighted by Gasteiger charge is -2.16. The van der Waals surface area contributed by atoms with Crippen molar-refractivity contribution < 1.29 is 14.6 Å². The van der Waals surface area contributed by atoms with Gasteiger partial charge in [-0.2, -0.15) is 0 Å². The van der Waals surface area contributed by atoms with Crippen molar-refractivity contribution in [2.75, 3.05) is 25.6 Å². The molecule has 4 nitrogen and oxygen atoms in total. The summed E-state index contributed by atoms with van der Waals surface area (Å²) in [6.07, 6.45) is 1.98. The van der Waals surface area contributed by atoms with Crippen LogP contribution in [0.4, 0.5) is 5.69 Å². The molecule has 4 heteroatoms. The minimum atomic E-state index is -0.603. The predicted octanol–water partition coefficient (Wildman–Crippen LogP) is 3.28. The van der Waals surface area contributed by atoms with Gasteiger partial charge in [-0.05, 0) is 42.3 Å². The van der Waals surface area contributed by atoms with Crippen LogP contribution in [-0.2, 0) is 6.42 Å². The van der Waals surface area contributed by atoms with Crippen molar-refractivity contribution in [3.63, 3.8) is 0 Å². The number of nitrogens with one attached hydrogen (secondary N) is 1. The molecule has 0 aliphatic carbocycles. The molecule has 122 valence electrons. The first kappa shape index (κ1) is 16.9. The highest BCUT2D eigenvalue weighted by atomic mass is 16.5. The van der Waals surface area contributed by atoms with E-state index in [1.807, 2.05) is 54.6 Å². The zero-order chi connectivity index (χ0) is 16.5. The smallest absolute Gasteiger partial charge is 0.122 e. The number of hydrogen-bond acceptors (Lipinski definition) is 4. The number of aliphatic hydroxyl groups is 1. The molecule has 0 aromatic heterocycles. The lowest BCUT2D eigenvalue weighted by molar-refractivity contribution is 0.117. The number of para-hydroxylation sites is 1. The van der Waals surface area contributed by atoms with E-state index in [2.05, 4.69) is 11.9 Å². The van der Waals surface area contributed by atoms with Gasteiger partial charge in [0.15, 0.2) is 0 Å². The lowest BCUT2D eigenvalue weighted by Crippen LogP contribution is -2.26. The highest BCUT2D eigenvalue weighted by Gasteiger charge is 2.07. The van der Waals surface area contributed by atoms with Crippen LogP contribution in [0.1, 0.15) is 5.56 Å². The Balaban J connectivity index is 1.80. The van der Waals surface area contributed by atoms with E-state index in [0.717, 1.165) is 29.2 Å². The molecule has 1 unspecified atom stereocenters. The monoisotopic (exact) mass is 313 g/mol. The van der Waals surface area contributed by atoms with E-state index in [1.54, 1.807) is 7.11 Å². The standard InChI is InChI=1S/C19H23NO3/c1-3-6-15-7-4-5-8-19(15)23-14-17(21)13-20-16-9-11-18(22-2)12-10-16/h3-5,7-12,17,20-21H,1,6,13-14H2,2H3. The second-order valence-corrected chi connectivity index (χ2v) is 5.17. The summed E-state index contributed by atoms with van der Waals surface area (Å²) in [5.74, 6) is 1.59. The van der Waals surface area contributed by atoms with Crippen molar-refractivity contribution in [1.29, 1.82) is 0 Å². The Kier molecular flexibility index (Phi) is 6.51. The zero-order valence-electron chi connectivity index (χ0n) is 13.4. The van der Waals surface area contributed by atoms with Crippen molar-refractivity contribution in [2.24, 2.45) is 0 Å². The molecule has 1 atom stereocenters. The maximum Gasteiger partial charge on any atom is 0.122 e. The van der Waals surface area contributed by atoms with E-state index >= 15 is 0 Å². The first-order valence-electron chi connectivity index (χ1n) is 7.60. The molecule has 2 aromatic rings. The molecule has 2 aromatic carbocycles. The van der Waals surface area contributed by atoms with Crippen molar-refractivity contribution in [2.45, 2.75) is 12.5 Å². The molecule has 0 aliphatic heterocycles. The number of aliphatic hydroxyl groups excluding tert-OH is 1. The Bertz CT molecular complexity index is 610. The van der Waals surface area contributed by atoms with Crippen molar-refractivity contribution in [1.82, 2.24) is 0 Å². The van der Waals surface area contributed by atoms with Gasteiger partial charge in [0, 0.05) is 12.2 Å². The van der Waals surface area contributed by atoms with Gasteiger partial charge in [-0.15, -0.1) is 6.58 Å². The van der Waals surface area contributed by atoms with Crippen LogP contribution in [0.25, 0.3) is 0 Å². The summed E-state index contributed by atoms with van der Waals surface area (Å²) in [6.45, 7) is 4.39. The van der Waals surface area contributed by atoms with E-state index in [4.69, 9.17) is 9.47 Å². The fourth-order valence-corrected chi connectivity index (χ4v) is 2.16. The molecular weight excluding hydrogens is 290 g/mol. The average molecular weight is 313 g/mol. The van der Waals surface area contributed by atoms with Gasteiger partial charge < -0.3 is 19.9 Å². The van der Waals surface area contributed by atoms with Gasteiger partial charge in [0.05, 0.1) is 7.11 Å². The van der Waals surface area contributed by atoms with Crippen LogP contribution in [0.3, 0.4) is 0 Å². The Morgan fingerprint density at radius 3 is 2.61 bits per heavy atom. The molecule has 0 saturated heterocycles. The fourth-order valence-electron chi connectivity index (χ4n) is 2.16. The predicted molar refractivity (Wildman–Crippen MR) is 93.3 cm³/mol. The minimum absolute atomic E-state index is 0.233. The van der Waals surface area contributed by atoms with E-state index in [-0.39, 0.29) is 6.61 Å². The molecule has 0 fully saturated rings. The molecule has 0 bridgehead atoms. The molecule has 23 heavy (non-hydrogen) atoms. The number of rotatable bonds is 9. The number of methoxy groups -OCH3 is 1. The molecular formula is C19H23NO3. The molecule has 0 spiro atoms. The summed E-state index contributed by atoms with van der Waals surface area (Å²) in [5, 5.41) is 13.2. The highest BCUT2D eigenvalue weighted by molar-refractivity contribution is 5.46. The summed E-state index contributed by atoms with van der Waals surface area (Å²) in [4.78, 5) is 0. The summed E-state index contributed by atoms with van der Waals surface area (Å²) >= 11 is 0.